The third-order valence-electron chi connectivity index (χ3n) is 4.78. The van der Waals surface area contributed by atoms with Crippen LogP contribution in [0.4, 0.5) is 5.69 Å². The van der Waals surface area contributed by atoms with E-state index in [1.165, 1.54) is 5.69 Å². The lowest BCUT2D eigenvalue weighted by molar-refractivity contribution is 0.184. The van der Waals surface area contributed by atoms with Crippen LogP contribution >= 0.6 is 11.6 Å². The van der Waals surface area contributed by atoms with Gasteiger partial charge in [-0.1, -0.05) is 11.6 Å². The van der Waals surface area contributed by atoms with Gasteiger partial charge in [0.1, 0.15) is 0 Å². The third-order valence-corrected chi connectivity index (χ3v) is 5.01. The summed E-state index contributed by atoms with van der Waals surface area (Å²) in [6.45, 7) is 3.32. The molecular weight excluding hydrogens is 310 g/mol. The van der Waals surface area contributed by atoms with Crippen molar-refractivity contribution < 1.29 is 5.11 Å². The second-order valence-electron chi connectivity index (χ2n) is 6.27. The number of hydrogen-bond acceptors (Lipinski definition) is 4. The number of aromatic nitrogens is 1. The highest BCUT2D eigenvalue weighted by atomic mass is 35.5. The van der Waals surface area contributed by atoms with Gasteiger partial charge in [0, 0.05) is 54.6 Å². The summed E-state index contributed by atoms with van der Waals surface area (Å²) >= 11 is 6.17. The largest absolute Gasteiger partial charge is 0.396 e. The van der Waals surface area contributed by atoms with Gasteiger partial charge in [-0.3, -0.25) is 4.98 Å². The van der Waals surface area contributed by atoms with Crippen LogP contribution in [-0.2, 0) is 0 Å². The fourth-order valence-electron chi connectivity index (χ4n) is 3.43. The molecule has 1 aromatic carbocycles. The number of aliphatic hydroxyl groups is 1. The Morgan fingerprint density at radius 3 is 2.83 bits per heavy atom. The zero-order chi connectivity index (χ0) is 16.2. The van der Waals surface area contributed by atoms with Crippen LogP contribution in [0.1, 0.15) is 19.3 Å². The average Bonchev–Trinajstić information content (AvgIpc) is 2.59. The lowest BCUT2D eigenvalue weighted by Gasteiger charge is -2.38. The number of nitrogens with zero attached hydrogens (tertiary/aromatic N) is 3. The number of anilines is 1. The molecule has 3 rings (SSSR count). The molecule has 0 bridgehead atoms. The highest BCUT2D eigenvalue weighted by molar-refractivity contribution is 6.31. The van der Waals surface area contributed by atoms with E-state index in [1.54, 1.807) is 0 Å². The van der Waals surface area contributed by atoms with Crippen molar-refractivity contribution in [1.29, 1.82) is 0 Å². The van der Waals surface area contributed by atoms with E-state index in [0.29, 0.717) is 6.04 Å². The zero-order valence-corrected chi connectivity index (χ0v) is 14.3. The number of aliphatic hydroxyl groups excluding tert-OH is 1. The molecule has 1 aliphatic rings. The van der Waals surface area contributed by atoms with E-state index in [0.717, 1.165) is 54.8 Å². The van der Waals surface area contributed by atoms with E-state index in [-0.39, 0.29) is 6.61 Å². The number of piperidine rings is 1. The predicted octanol–water partition coefficient (Wildman–Crippen LogP) is 3.17. The summed E-state index contributed by atoms with van der Waals surface area (Å²) in [5.41, 5.74) is 2.23. The summed E-state index contributed by atoms with van der Waals surface area (Å²) in [5, 5.41) is 10.9. The van der Waals surface area contributed by atoms with Crippen LogP contribution in [0.3, 0.4) is 0 Å². The van der Waals surface area contributed by atoms with Crippen LogP contribution in [0.15, 0.2) is 30.5 Å². The van der Waals surface area contributed by atoms with E-state index in [9.17, 15) is 0 Å². The molecule has 2 heterocycles. The Kier molecular flexibility index (Phi) is 5.36. The lowest BCUT2D eigenvalue weighted by Crippen LogP contribution is -2.43. The highest BCUT2D eigenvalue weighted by Gasteiger charge is 2.23. The van der Waals surface area contributed by atoms with Gasteiger partial charge >= 0.3 is 0 Å². The van der Waals surface area contributed by atoms with Gasteiger partial charge in [0.05, 0.1) is 5.52 Å². The number of benzene rings is 1. The molecule has 0 aliphatic carbocycles. The molecule has 124 valence electrons. The number of halogens is 1. The molecule has 1 aliphatic heterocycles. The molecule has 0 atom stereocenters. The maximum Gasteiger partial charge on any atom is 0.0723 e. The van der Waals surface area contributed by atoms with Crippen molar-refractivity contribution in [3.8, 4) is 0 Å². The predicted molar refractivity (Wildman–Crippen MR) is 96.3 cm³/mol. The van der Waals surface area contributed by atoms with E-state index < -0.39 is 0 Å². The normalized spacial score (nSPS) is 16.4. The van der Waals surface area contributed by atoms with Crippen LogP contribution in [0.25, 0.3) is 10.9 Å². The van der Waals surface area contributed by atoms with Gasteiger partial charge in [0.15, 0.2) is 0 Å². The number of fused-ring (bicyclic) bond motifs is 1. The van der Waals surface area contributed by atoms with Crippen molar-refractivity contribution in [1.82, 2.24) is 9.88 Å². The summed E-state index contributed by atoms with van der Waals surface area (Å²) < 4.78 is 0. The van der Waals surface area contributed by atoms with Gasteiger partial charge in [-0.05, 0) is 50.6 Å². The van der Waals surface area contributed by atoms with Crippen LogP contribution < -0.4 is 4.90 Å². The van der Waals surface area contributed by atoms with Crippen LogP contribution in [0, 0.1) is 0 Å². The van der Waals surface area contributed by atoms with Crippen molar-refractivity contribution in [2.24, 2.45) is 0 Å². The lowest BCUT2D eigenvalue weighted by atomic mass is 10.0. The highest BCUT2D eigenvalue weighted by Crippen LogP contribution is 2.30. The van der Waals surface area contributed by atoms with Gasteiger partial charge in [0.25, 0.3) is 0 Å². The standard InChI is InChI=1S/C18H24ClN3O/c1-21(9-2-12-23)15-6-10-22(11-7-15)18-5-8-20-17-4-3-14(19)13-16(17)18/h3-5,8,13,15,23H,2,6-7,9-12H2,1H3. The maximum atomic E-state index is 8.98. The van der Waals surface area contributed by atoms with E-state index >= 15 is 0 Å². The Labute approximate surface area is 142 Å². The van der Waals surface area contributed by atoms with Gasteiger partial charge < -0.3 is 14.9 Å². The fourth-order valence-corrected chi connectivity index (χ4v) is 3.60. The first-order chi connectivity index (χ1) is 11.2. The third kappa shape index (κ3) is 3.77. The molecule has 1 aromatic heterocycles. The molecule has 4 nitrogen and oxygen atoms in total. The van der Waals surface area contributed by atoms with Crippen LogP contribution in [-0.4, -0.2) is 54.3 Å². The summed E-state index contributed by atoms with van der Waals surface area (Å²) in [4.78, 5) is 9.26. The van der Waals surface area contributed by atoms with Crippen molar-refractivity contribution in [2.75, 3.05) is 38.2 Å². The molecule has 0 unspecified atom stereocenters. The first-order valence-corrected chi connectivity index (χ1v) is 8.67. The van der Waals surface area contributed by atoms with E-state index in [4.69, 9.17) is 16.7 Å². The summed E-state index contributed by atoms with van der Waals surface area (Å²) in [5.74, 6) is 0. The molecule has 0 spiro atoms. The first-order valence-electron chi connectivity index (χ1n) is 8.29. The van der Waals surface area contributed by atoms with Gasteiger partial charge in [0.2, 0.25) is 0 Å². The Balaban J connectivity index is 1.72. The van der Waals surface area contributed by atoms with Crippen molar-refractivity contribution in [3.05, 3.63) is 35.5 Å². The molecule has 5 heteroatoms. The molecule has 0 radical (unpaired) electrons. The van der Waals surface area contributed by atoms with Gasteiger partial charge in [-0.15, -0.1) is 0 Å². The summed E-state index contributed by atoms with van der Waals surface area (Å²) in [7, 11) is 2.16. The van der Waals surface area contributed by atoms with E-state index in [1.807, 2.05) is 24.4 Å². The minimum absolute atomic E-state index is 0.271. The van der Waals surface area contributed by atoms with Crippen molar-refractivity contribution in [3.63, 3.8) is 0 Å². The minimum atomic E-state index is 0.271. The van der Waals surface area contributed by atoms with Gasteiger partial charge in [-0.2, -0.15) is 0 Å². The molecule has 0 saturated carbocycles. The molecule has 1 N–H and O–H groups in total. The molecule has 0 amide bonds. The molecule has 1 fully saturated rings. The maximum absolute atomic E-state index is 8.98. The molecular formula is C18H24ClN3O. The van der Waals surface area contributed by atoms with Crippen molar-refractivity contribution in [2.45, 2.75) is 25.3 Å². The van der Waals surface area contributed by atoms with Gasteiger partial charge in [-0.25, -0.2) is 0 Å². The number of hydrogen-bond donors (Lipinski definition) is 1. The fraction of sp³-hybridized carbons (Fsp3) is 0.500. The topological polar surface area (TPSA) is 39.6 Å². The Morgan fingerprint density at radius 2 is 2.09 bits per heavy atom. The summed E-state index contributed by atoms with van der Waals surface area (Å²) in [6, 6.07) is 8.58. The van der Waals surface area contributed by atoms with E-state index in [2.05, 4.69) is 27.9 Å². The smallest absolute Gasteiger partial charge is 0.0723 e. The minimum Gasteiger partial charge on any atom is -0.396 e. The SMILES string of the molecule is CN(CCCO)C1CCN(c2ccnc3ccc(Cl)cc23)CC1. The monoisotopic (exact) mass is 333 g/mol. The summed E-state index contributed by atoms with van der Waals surface area (Å²) in [6.07, 6.45) is 5.02. The molecule has 1 saturated heterocycles. The molecule has 23 heavy (non-hydrogen) atoms. The quantitative estimate of drug-likeness (QED) is 0.912. The zero-order valence-electron chi connectivity index (χ0n) is 13.6. The number of rotatable bonds is 5. The second kappa shape index (κ2) is 7.47. The molecule has 2 aromatic rings. The Morgan fingerprint density at radius 1 is 1.30 bits per heavy atom. The second-order valence-corrected chi connectivity index (χ2v) is 6.70. The first kappa shape index (κ1) is 16.5. The van der Waals surface area contributed by atoms with Crippen LogP contribution in [0.2, 0.25) is 5.02 Å². The Hall–Kier alpha value is -1.36. The number of pyridine rings is 1. The van der Waals surface area contributed by atoms with Crippen molar-refractivity contribution >= 4 is 28.2 Å². The van der Waals surface area contributed by atoms with Crippen LogP contribution in [0.5, 0.6) is 0 Å². The Bertz CT molecular complexity index is 656. The average molecular weight is 334 g/mol.